The summed E-state index contributed by atoms with van der Waals surface area (Å²) in [6, 6.07) is -4.07. The number of hydrogen-bond acceptors (Lipinski definition) is 8. The number of aliphatic carboxylic acids is 1. The average molecular weight is 414 g/mol. The van der Waals surface area contributed by atoms with E-state index in [1.165, 1.54) is 19.4 Å². The summed E-state index contributed by atoms with van der Waals surface area (Å²) in [6.07, 6.45) is 0.324. The van der Waals surface area contributed by atoms with E-state index in [0.717, 1.165) is 6.92 Å². The zero-order chi connectivity index (χ0) is 22.1. The van der Waals surface area contributed by atoms with E-state index in [4.69, 9.17) is 10.8 Å². The summed E-state index contributed by atoms with van der Waals surface area (Å²) in [5.74, 6) is -3.92. The maximum Gasteiger partial charge on any atom is 0.328 e. The van der Waals surface area contributed by atoms with Crippen molar-refractivity contribution in [2.24, 2.45) is 5.73 Å². The maximum atomic E-state index is 12.2. The molecule has 0 spiro atoms. The summed E-state index contributed by atoms with van der Waals surface area (Å²) < 4.78 is 0. The number of aliphatic hydroxyl groups excluding tert-OH is 2. The topological polar surface area (TPSA) is 220 Å². The number of carbonyl (C=O) groups excluding carboxylic acids is 3. The summed E-state index contributed by atoms with van der Waals surface area (Å²) in [5, 5.41) is 34.7. The molecule has 9 N–H and O–H groups in total. The van der Waals surface area contributed by atoms with Crippen LogP contribution in [0.1, 0.15) is 19.5 Å². The molecule has 0 aliphatic rings. The fourth-order valence-corrected chi connectivity index (χ4v) is 2.29. The number of carboxylic acids is 1. The molecule has 5 atom stereocenters. The first-order valence-corrected chi connectivity index (χ1v) is 8.72. The second-order valence-corrected chi connectivity index (χ2v) is 6.46. The third-order valence-corrected chi connectivity index (χ3v) is 3.88. The van der Waals surface area contributed by atoms with Gasteiger partial charge in [0.25, 0.3) is 0 Å². The predicted octanol–water partition coefficient (Wildman–Crippen LogP) is -3.79. The Labute approximate surface area is 166 Å². The van der Waals surface area contributed by atoms with E-state index in [9.17, 15) is 29.4 Å². The first-order chi connectivity index (χ1) is 13.5. The summed E-state index contributed by atoms with van der Waals surface area (Å²) in [5.41, 5.74) is 6.36. The van der Waals surface area contributed by atoms with Crippen molar-refractivity contribution in [2.75, 3.05) is 6.54 Å². The Kier molecular flexibility index (Phi) is 9.18. The molecule has 29 heavy (non-hydrogen) atoms. The van der Waals surface area contributed by atoms with Gasteiger partial charge < -0.3 is 42.0 Å². The minimum atomic E-state index is -1.62. The second-order valence-electron chi connectivity index (χ2n) is 6.46. The lowest BCUT2D eigenvalue weighted by atomic mass is 10.1. The molecule has 3 amide bonds. The largest absolute Gasteiger partial charge is 0.480 e. The van der Waals surface area contributed by atoms with Crippen LogP contribution in [-0.4, -0.2) is 85.9 Å². The van der Waals surface area contributed by atoms with Crippen LogP contribution in [0.3, 0.4) is 0 Å². The van der Waals surface area contributed by atoms with Gasteiger partial charge in [0, 0.05) is 18.3 Å². The molecule has 1 aromatic heterocycles. The van der Waals surface area contributed by atoms with E-state index in [2.05, 4.69) is 20.6 Å². The quantitative estimate of drug-likeness (QED) is 0.178. The number of hydrogen-bond donors (Lipinski definition) is 8. The number of imidazole rings is 1. The molecule has 1 aromatic rings. The molecule has 13 heteroatoms. The Bertz CT molecular complexity index is 707. The number of aliphatic hydroxyl groups is 2. The number of H-pyrrole nitrogens is 1. The molecule has 0 saturated heterocycles. The molecule has 1 rings (SSSR count). The van der Waals surface area contributed by atoms with Gasteiger partial charge in [-0.3, -0.25) is 14.4 Å². The van der Waals surface area contributed by atoms with Crippen LogP contribution in [0.25, 0.3) is 0 Å². The fraction of sp³-hybridized carbons (Fsp3) is 0.562. The smallest absolute Gasteiger partial charge is 0.328 e. The van der Waals surface area contributed by atoms with Crippen LogP contribution < -0.4 is 21.7 Å². The lowest BCUT2D eigenvalue weighted by Crippen LogP contribution is -2.59. The Balaban J connectivity index is 2.58. The molecular formula is C16H26N6O7. The molecule has 13 nitrogen and oxygen atoms in total. The van der Waals surface area contributed by atoms with E-state index in [-0.39, 0.29) is 6.42 Å². The van der Waals surface area contributed by atoms with Crippen molar-refractivity contribution in [3.8, 4) is 0 Å². The van der Waals surface area contributed by atoms with Gasteiger partial charge in [-0.1, -0.05) is 0 Å². The Morgan fingerprint density at radius 3 is 2.21 bits per heavy atom. The van der Waals surface area contributed by atoms with Crippen molar-refractivity contribution in [3.05, 3.63) is 18.2 Å². The van der Waals surface area contributed by atoms with E-state index in [0.29, 0.717) is 5.69 Å². The number of carbonyl (C=O) groups is 4. The molecule has 1 heterocycles. The molecule has 0 aromatic carbocycles. The lowest BCUT2D eigenvalue weighted by Gasteiger charge is -2.24. The molecular weight excluding hydrogens is 388 g/mol. The lowest BCUT2D eigenvalue weighted by molar-refractivity contribution is -0.145. The van der Waals surface area contributed by atoms with Crippen molar-refractivity contribution < 1.29 is 34.5 Å². The Morgan fingerprint density at radius 2 is 1.72 bits per heavy atom. The highest BCUT2D eigenvalue weighted by Gasteiger charge is 2.31. The predicted molar refractivity (Wildman–Crippen MR) is 98.1 cm³/mol. The van der Waals surface area contributed by atoms with Crippen LogP contribution in [0.15, 0.2) is 12.5 Å². The third kappa shape index (κ3) is 7.85. The van der Waals surface area contributed by atoms with E-state index >= 15 is 0 Å². The van der Waals surface area contributed by atoms with Crippen LogP contribution >= 0.6 is 0 Å². The number of carboxylic acid groups (broad SMARTS) is 1. The van der Waals surface area contributed by atoms with Crippen LogP contribution in [0.5, 0.6) is 0 Å². The molecule has 0 radical (unpaired) electrons. The number of nitrogens with two attached hydrogens (primary N) is 1. The highest BCUT2D eigenvalue weighted by molar-refractivity contribution is 5.93. The summed E-state index contributed by atoms with van der Waals surface area (Å²) in [6.45, 7) is 1.85. The van der Waals surface area contributed by atoms with Gasteiger partial charge in [-0.2, -0.15) is 0 Å². The van der Waals surface area contributed by atoms with Crippen LogP contribution in [0, 0.1) is 0 Å². The minimum absolute atomic E-state index is 0.169. The Hall–Kier alpha value is -3.03. The van der Waals surface area contributed by atoms with Gasteiger partial charge in [-0.25, -0.2) is 9.78 Å². The standard InChI is InChI=1S/C16H26N6O7/c1-7(23)12(15(27)22-13(8(2)24)16(28)29)21-11(25)5-19-14(26)10(17)3-9-4-18-6-20-9/h4,6-8,10,12-13,23-24H,3,5,17H2,1-2H3,(H,18,20)(H,19,26)(H,21,25)(H,22,27)(H,28,29). The van der Waals surface area contributed by atoms with Gasteiger partial charge in [0.15, 0.2) is 6.04 Å². The molecule has 0 fully saturated rings. The average Bonchev–Trinajstić information content (AvgIpc) is 3.13. The molecule has 162 valence electrons. The number of aromatic nitrogens is 2. The van der Waals surface area contributed by atoms with Gasteiger partial charge in [0.05, 0.1) is 31.1 Å². The van der Waals surface area contributed by atoms with Gasteiger partial charge in [-0.15, -0.1) is 0 Å². The van der Waals surface area contributed by atoms with Gasteiger partial charge in [-0.05, 0) is 13.8 Å². The molecule has 0 aliphatic heterocycles. The van der Waals surface area contributed by atoms with E-state index < -0.39 is 60.6 Å². The minimum Gasteiger partial charge on any atom is -0.480 e. The summed E-state index contributed by atoms with van der Waals surface area (Å²) >= 11 is 0. The summed E-state index contributed by atoms with van der Waals surface area (Å²) in [4.78, 5) is 53.8. The first kappa shape index (κ1) is 24.0. The van der Waals surface area contributed by atoms with Crippen LogP contribution in [0.2, 0.25) is 0 Å². The maximum absolute atomic E-state index is 12.2. The molecule has 0 saturated carbocycles. The molecule has 0 bridgehead atoms. The fourth-order valence-electron chi connectivity index (χ4n) is 2.29. The zero-order valence-corrected chi connectivity index (χ0v) is 16.0. The number of rotatable bonds is 11. The number of nitrogens with zero attached hydrogens (tertiary/aromatic N) is 1. The van der Waals surface area contributed by atoms with Crippen molar-refractivity contribution >= 4 is 23.7 Å². The van der Waals surface area contributed by atoms with Gasteiger partial charge in [0.2, 0.25) is 17.7 Å². The van der Waals surface area contributed by atoms with Gasteiger partial charge >= 0.3 is 5.97 Å². The molecule has 5 unspecified atom stereocenters. The monoisotopic (exact) mass is 414 g/mol. The second kappa shape index (κ2) is 11.1. The highest BCUT2D eigenvalue weighted by atomic mass is 16.4. The van der Waals surface area contributed by atoms with Crippen LogP contribution in [-0.2, 0) is 25.6 Å². The van der Waals surface area contributed by atoms with Crippen molar-refractivity contribution in [1.29, 1.82) is 0 Å². The van der Waals surface area contributed by atoms with Crippen molar-refractivity contribution in [2.45, 2.75) is 50.6 Å². The Morgan fingerprint density at radius 1 is 1.10 bits per heavy atom. The van der Waals surface area contributed by atoms with Crippen molar-refractivity contribution in [1.82, 2.24) is 25.9 Å². The summed E-state index contributed by atoms with van der Waals surface area (Å²) in [7, 11) is 0. The number of amides is 3. The van der Waals surface area contributed by atoms with Crippen LogP contribution in [0.4, 0.5) is 0 Å². The number of aromatic amines is 1. The van der Waals surface area contributed by atoms with Gasteiger partial charge in [0.1, 0.15) is 6.04 Å². The first-order valence-electron chi connectivity index (χ1n) is 8.72. The zero-order valence-electron chi connectivity index (χ0n) is 16.0. The van der Waals surface area contributed by atoms with E-state index in [1.807, 2.05) is 5.32 Å². The third-order valence-electron chi connectivity index (χ3n) is 3.88. The number of nitrogens with one attached hydrogen (secondary N) is 4. The highest BCUT2D eigenvalue weighted by Crippen LogP contribution is 1.99. The molecule has 0 aliphatic carbocycles. The SMILES string of the molecule is CC(O)C(NC(=O)C(NC(=O)CNC(=O)C(N)Cc1cnc[nH]1)C(C)O)C(=O)O. The van der Waals surface area contributed by atoms with E-state index in [1.54, 1.807) is 0 Å². The van der Waals surface area contributed by atoms with Crippen molar-refractivity contribution in [3.63, 3.8) is 0 Å². The normalized spacial score (nSPS) is 16.0.